The molecular formula is C14H19FN2O5S. The number of rotatable bonds is 6. The van der Waals surface area contributed by atoms with Gasteiger partial charge < -0.3 is 4.74 Å². The summed E-state index contributed by atoms with van der Waals surface area (Å²) in [5.41, 5.74) is -0.272. The molecule has 1 fully saturated rings. The van der Waals surface area contributed by atoms with Crippen molar-refractivity contribution in [3.05, 3.63) is 34.1 Å². The Hall–Kier alpha value is -1.74. The summed E-state index contributed by atoms with van der Waals surface area (Å²) < 4.78 is 44.2. The van der Waals surface area contributed by atoms with Crippen LogP contribution in [0.25, 0.3) is 0 Å². The largest absolute Gasteiger partial charge is 0.483 e. The minimum absolute atomic E-state index is 0.0368. The van der Waals surface area contributed by atoms with Gasteiger partial charge in [-0.2, -0.15) is 0 Å². The van der Waals surface area contributed by atoms with E-state index in [1.54, 1.807) is 0 Å². The van der Waals surface area contributed by atoms with E-state index in [0.717, 1.165) is 18.2 Å². The Balaban J connectivity index is 1.97. The molecule has 7 nitrogen and oxygen atoms in total. The first kappa shape index (κ1) is 17.6. The molecule has 2 rings (SSSR count). The van der Waals surface area contributed by atoms with Gasteiger partial charge in [0.2, 0.25) is 10.0 Å². The number of hydrogen-bond donors (Lipinski definition) is 1. The summed E-state index contributed by atoms with van der Waals surface area (Å²) in [6.45, 7) is 0. The Morgan fingerprint density at radius 3 is 2.57 bits per heavy atom. The second kappa shape index (κ2) is 7.22. The molecular weight excluding hydrogens is 327 g/mol. The van der Waals surface area contributed by atoms with Crippen molar-refractivity contribution in [3.63, 3.8) is 0 Å². The van der Waals surface area contributed by atoms with Gasteiger partial charge in [0.05, 0.1) is 16.8 Å². The van der Waals surface area contributed by atoms with Crippen molar-refractivity contribution in [2.24, 2.45) is 5.92 Å². The predicted octanol–water partition coefficient (Wildman–Crippen LogP) is 2.22. The molecule has 0 unspecified atom stereocenters. The molecule has 0 saturated heterocycles. The fourth-order valence-electron chi connectivity index (χ4n) is 2.72. The predicted molar refractivity (Wildman–Crippen MR) is 82.3 cm³/mol. The third kappa shape index (κ3) is 4.87. The van der Waals surface area contributed by atoms with Crippen molar-refractivity contribution in [1.82, 2.24) is 4.72 Å². The molecule has 0 aliphatic heterocycles. The second-order valence-corrected chi connectivity index (χ2v) is 7.59. The van der Waals surface area contributed by atoms with Gasteiger partial charge in [-0.3, -0.25) is 10.1 Å². The van der Waals surface area contributed by atoms with Crippen LogP contribution >= 0.6 is 0 Å². The molecule has 1 aliphatic rings. The second-order valence-electron chi connectivity index (χ2n) is 5.62. The summed E-state index contributed by atoms with van der Waals surface area (Å²) in [5, 5.41) is 10.9. The summed E-state index contributed by atoms with van der Waals surface area (Å²) >= 11 is 0. The molecule has 0 heterocycles. The van der Waals surface area contributed by atoms with E-state index in [4.69, 9.17) is 4.74 Å². The van der Waals surface area contributed by atoms with E-state index < -0.39 is 20.8 Å². The molecule has 0 bridgehead atoms. The van der Waals surface area contributed by atoms with E-state index in [1.165, 1.54) is 7.05 Å². The molecule has 0 amide bonds. The molecule has 128 valence electrons. The molecule has 1 aromatic rings. The number of sulfonamides is 1. The zero-order valence-corrected chi connectivity index (χ0v) is 13.5. The van der Waals surface area contributed by atoms with Crippen molar-refractivity contribution >= 4 is 15.7 Å². The van der Waals surface area contributed by atoms with Crippen LogP contribution in [0, 0.1) is 21.8 Å². The summed E-state index contributed by atoms with van der Waals surface area (Å²) in [6.07, 6.45) is 2.18. The molecule has 0 aromatic heterocycles. The summed E-state index contributed by atoms with van der Waals surface area (Å²) in [7, 11) is -1.87. The number of nitrogens with one attached hydrogen (secondary N) is 1. The third-order valence-electron chi connectivity index (χ3n) is 3.97. The third-order valence-corrected chi connectivity index (χ3v) is 5.50. The lowest BCUT2D eigenvalue weighted by Crippen LogP contribution is -2.31. The highest BCUT2D eigenvalue weighted by Gasteiger charge is 2.27. The molecule has 0 atom stereocenters. The van der Waals surface area contributed by atoms with Gasteiger partial charge in [-0.05, 0) is 44.7 Å². The van der Waals surface area contributed by atoms with E-state index in [-0.39, 0.29) is 29.2 Å². The number of nitro benzene ring substituents is 1. The fraction of sp³-hybridized carbons (Fsp3) is 0.571. The van der Waals surface area contributed by atoms with Gasteiger partial charge in [0, 0.05) is 12.1 Å². The number of nitro groups is 1. The Kier molecular flexibility index (Phi) is 5.53. The zero-order valence-electron chi connectivity index (χ0n) is 12.7. The lowest BCUT2D eigenvalue weighted by Gasteiger charge is -2.28. The van der Waals surface area contributed by atoms with Gasteiger partial charge in [-0.1, -0.05) is 0 Å². The van der Waals surface area contributed by atoms with Crippen LogP contribution in [0.1, 0.15) is 25.7 Å². The highest BCUT2D eigenvalue weighted by Crippen LogP contribution is 2.33. The van der Waals surface area contributed by atoms with Gasteiger partial charge in [0.1, 0.15) is 5.82 Å². The topological polar surface area (TPSA) is 98.5 Å². The smallest absolute Gasteiger partial charge is 0.311 e. The molecule has 1 N–H and O–H groups in total. The maximum Gasteiger partial charge on any atom is 0.311 e. The lowest BCUT2D eigenvalue weighted by atomic mass is 9.89. The Labute approximate surface area is 134 Å². The normalized spacial score (nSPS) is 21.8. The van der Waals surface area contributed by atoms with Crippen LogP contribution in [-0.2, 0) is 10.0 Å². The number of ether oxygens (including phenoxy) is 1. The SMILES string of the molecule is CNS(=O)(=O)CC1CCC(Oc2cc(F)ccc2[N+](=O)[O-])CC1. The van der Waals surface area contributed by atoms with E-state index in [1.807, 2.05) is 0 Å². The van der Waals surface area contributed by atoms with E-state index in [2.05, 4.69) is 4.72 Å². The zero-order chi connectivity index (χ0) is 17.0. The van der Waals surface area contributed by atoms with Crippen molar-refractivity contribution in [2.45, 2.75) is 31.8 Å². The monoisotopic (exact) mass is 346 g/mol. The minimum atomic E-state index is -3.25. The van der Waals surface area contributed by atoms with Crippen LogP contribution < -0.4 is 9.46 Å². The molecule has 23 heavy (non-hydrogen) atoms. The maximum absolute atomic E-state index is 13.3. The Bertz CT molecular complexity index is 672. The number of benzene rings is 1. The molecule has 1 aromatic carbocycles. The van der Waals surface area contributed by atoms with Gasteiger partial charge in [-0.25, -0.2) is 17.5 Å². The maximum atomic E-state index is 13.3. The molecule has 9 heteroatoms. The number of nitrogens with zero attached hydrogens (tertiary/aromatic N) is 1. The van der Waals surface area contributed by atoms with Gasteiger partial charge in [-0.15, -0.1) is 0 Å². The summed E-state index contributed by atoms with van der Waals surface area (Å²) in [5.74, 6) is -0.577. The van der Waals surface area contributed by atoms with Gasteiger partial charge in [0.15, 0.2) is 5.75 Å². The number of hydrogen-bond acceptors (Lipinski definition) is 5. The van der Waals surface area contributed by atoms with Crippen molar-refractivity contribution in [1.29, 1.82) is 0 Å². The molecule has 1 aliphatic carbocycles. The fourth-order valence-corrected chi connectivity index (χ4v) is 3.84. The van der Waals surface area contributed by atoms with Crippen LogP contribution in [0.3, 0.4) is 0 Å². The van der Waals surface area contributed by atoms with Crippen molar-refractivity contribution in [2.75, 3.05) is 12.8 Å². The first-order valence-corrected chi connectivity index (χ1v) is 8.98. The molecule has 1 saturated carbocycles. The highest BCUT2D eigenvalue weighted by molar-refractivity contribution is 7.89. The van der Waals surface area contributed by atoms with Crippen LogP contribution in [0.2, 0.25) is 0 Å². The highest BCUT2D eigenvalue weighted by atomic mass is 32.2. The van der Waals surface area contributed by atoms with Crippen molar-refractivity contribution < 1.29 is 22.5 Å². The Morgan fingerprint density at radius 2 is 2.00 bits per heavy atom. The van der Waals surface area contributed by atoms with Crippen LogP contribution in [-0.4, -0.2) is 32.2 Å². The minimum Gasteiger partial charge on any atom is -0.483 e. The van der Waals surface area contributed by atoms with Crippen LogP contribution in [0.4, 0.5) is 10.1 Å². The van der Waals surface area contributed by atoms with Crippen LogP contribution in [0.15, 0.2) is 18.2 Å². The van der Waals surface area contributed by atoms with Gasteiger partial charge >= 0.3 is 5.69 Å². The van der Waals surface area contributed by atoms with E-state index in [0.29, 0.717) is 25.7 Å². The average Bonchev–Trinajstić information content (AvgIpc) is 2.49. The Morgan fingerprint density at radius 1 is 1.35 bits per heavy atom. The van der Waals surface area contributed by atoms with E-state index in [9.17, 15) is 22.9 Å². The van der Waals surface area contributed by atoms with Crippen molar-refractivity contribution in [3.8, 4) is 5.75 Å². The first-order valence-electron chi connectivity index (χ1n) is 7.32. The number of halogens is 1. The van der Waals surface area contributed by atoms with E-state index >= 15 is 0 Å². The quantitative estimate of drug-likeness (QED) is 0.629. The lowest BCUT2D eigenvalue weighted by molar-refractivity contribution is -0.386. The standard InChI is InChI=1S/C14H19FN2O5S/c1-16-23(20,21)9-10-2-5-12(6-3-10)22-14-8-11(15)4-7-13(14)17(18)19/h4,7-8,10,12,16H,2-3,5-6,9H2,1H3. The average molecular weight is 346 g/mol. The van der Waals surface area contributed by atoms with Crippen LogP contribution in [0.5, 0.6) is 5.75 Å². The summed E-state index contributed by atoms with van der Waals surface area (Å²) in [6, 6.07) is 3.11. The summed E-state index contributed by atoms with van der Waals surface area (Å²) in [4.78, 5) is 10.3. The molecule has 0 spiro atoms. The molecule has 0 radical (unpaired) electrons. The van der Waals surface area contributed by atoms with Gasteiger partial charge in [0.25, 0.3) is 0 Å². The first-order chi connectivity index (χ1) is 10.8.